The average molecular weight is 377 g/mol. The first-order valence-electron chi connectivity index (χ1n) is 8.52. The van der Waals surface area contributed by atoms with Crippen LogP contribution in [0.25, 0.3) is 10.2 Å². The SMILES string of the molecule is CC(C)CNC(=O)NC(=O)COC(=O)CCCc1nc2ccccc2s1. The zero-order chi connectivity index (χ0) is 18.9. The van der Waals surface area contributed by atoms with Gasteiger partial charge in [0.1, 0.15) is 0 Å². The van der Waals surface area contributed by atoms with Crippen molar-refractivity contribution in [3.8, 4) is 0 Å². The smallest absolute Gasteiger partial charge is 0.321 e. The van der Waals surface area contributed by atoms with E-state index >= 15 is 0 Å². The van der Waals surface area contributed by atoms with Crippen LogP contribution in [0.3, 0.4) is 0 Å². The number of nitrogens with one attached hydrogen (secondary N) is 2. The van der Waals surface area contributed by atoms with Crippen LogP contribution < -0.4 is 10.6 Å². The molecule has 0 radical (unpaired) electrons. The molecule has 1 heterocycles. The lowest BCUT2D eigenvalue weighted by Crippen LogP contribution is -2.42. The van der Waals surface area contributed by atoms with Crippen molar-refractivity contribution >= 4 is 39.5 Å². The third-order valence-corrected chi connectivity index (χ3v) is 4.49. The largest absolute Gasteiger partial charge is 0.456 e. The molecule has 140 valence electrons. The van der Waals surface area contributed by atoms with Gasteiger partial charge in [-0.3, -0.25) is 14.9 Å². The van der Waals surface area contributed by atoms with E-state index in [0.717, 1.165) is 15.2 Å². The quantitative estimate of drug-likeness (QED) is 0.689. The second-order valence-corrected chi connectivity index (χ2v) is 7.36. The number of benzene rings is 1. The number of thiazole rings is 1. The zero-order valence-corrected chi connectivity index (χ0v) is 15.7. The van der Waals surface area contributed by atoms with Crippen LogP contribution in [-0.4, -0.2) is 36.0 Å². The van der Waals surface area contributed by atoms with E-state index in [2.05, 4.69) is 15.6 Å². The number of fused-ring (bicyclic) bond motifs is 1. The number of urea groups is 1. The number of imide groups is 1. The van der Waals surface area contributed by atoms with Crippen LogP contribution in [0.5, 0.6) is 0 Å². The fraction of sp³-hybridized carbons (Fsp3) is 0.444. The Balaban J connectivity index is 1.62. The van der Waals surface area contributed by atoms with Crippen molar-refractivity contribution in [2.24, 2.45) is 5.92 Å². The molecule has 0 saturated heterocycles. The van der Waals surface area contributed by atoms with Crippen LogP contribution in [0.15, 0.2) is 24.3 Å². The topological polar surface area (TPSA) is 97.4 Å². The van der Waals surface area contributed by atoms with Gasteiger partial charge in [0.05, 0.1) is 15.2 Å². The summed E-state index contributed by atoms with van der Waals surface area (Å²) < 4.78 is 6.00. The molecule has 7 nitrogen and oxygen atoms in total. The van der Waals surface area contributed by atoms with E-state index in [1.54, 1.807) is 11.3 Å². The zero-order valence-electron chi connectivity index (χ0n) is 14.9. The number of hydrogen-bond donors (Lipinski definition) is 2. The number of amides is 3. The van der Waals surface area contributed by atoms with Gasteiger partial charge in [-0.15, -0.1) is 11.3 Å². The number of aromatic nitrogens is 1. The fourth-order valence-electron chi connectivity index (χ4n) is 2.13. The summed E-state index contributed by atoms with van der Waals surface area (Å²) in [7, 11) is 0. The first-order valence-corrected chi connectivity index (χ1v) is 9.33. The number of esters is 1. The first-order chi connectivity index (χ1) is 12.4. The molecule has 0 fully saturated rings. The van der Waals surface area contributed by atoms with Gasteiger partial charge in [0, 0.05) is 13.0 Å². The maximum Gasteiger partial charge on any atom is 0.321 e. The monoisotopic (exact) mass is 377 g/mol. The highest BCUT2D eigenvalue weighted by Gasteiger charge is 2.11. The predicted molar refractivity (Wildman–Crippen MR) is 99.9 cm³/mol. The highest BCUT2D eigenvalue weighted by molar-refractivity contribution is 7.18. The molecule has 0 aliphatic rings. The van der Waals surface area contributed by atoms with E-state index < -0.39 is 24.5 Å². The fourth-order valence-corrected chi connectivity index (χ4v) is 3.14. The maximum absolute atomic E-state index is 11.7. The molecule has 0 bridgehead atoms. The first kappa shape index (κ1) is 19.8. The minimum absolute atomic E-state index is 0.197. The molecule has 8 heteroatoms. The summed E-state index contributed by atoms with van der Waals surface area (Å²) in [6.45, 7) is 3.89. The van der Waals surface area contributed by atoms with E-state index in [9.17, 15) is 14.4 Å². The standard InChI is InChI=1S/C18H23N3O4S/c1-12(2)10-19-18(24)21-15(22)11-25-17(23)9-5-8-16-20-13-6-3-4-7-14(13)26-16/h3-4,6-7,12H,5,8-11H2,1-2H3,(H2,19,21,22,24). The second-order valence-electron chi connectivity index (χ2n) is 6.24. The van der Waals surface area contributed by atoms with E-state index in [4.69, 9.17) is 4.74 Å². The van der Waals surface area contributed by atoms with E-state index in [1.807, 2.05) is 38.1 Å². The molecule has 0 aliphatic heterocycles. The van der Waals surface area contributed by atoms with Gasteiger partial charge < -0.3 is 10.1 Å². The molecule has 0 aliphatic carbocycles. The van der Waals surface area contributed by atoms with Crippen molar-refractivity contribution in [1.29, 1.82) is 0 Å². The number of rotatable bonds is 8. The van der Waals surface area contributed by atoms with Gasteiger partial charge in [-0.05, 0) is 30.9 Å². The summed E-state index contributed by atoms with van der Waals surface area (Å²) in [5, 5.41) is 5.63. The van der Waals surface area contributed by atoms with Crippen LogP contribution >= 0.6 is 11.3 Å². The lowest BCUT2D eigenvalue weighted by Gasteiger charge is -2.08. The Morgan fingerprint density at radius 2 is 2.00 bits per heavy atom. The van der Waals surface area contributed by atoms with Gasteiger partial charge in [-0.25, -0.2) is 9.78 Å². The summed E-state index contributed by atoms with van der Waals surface area (Å²) in [5.41, 5.74) is 0.961. The van der Waals surface area contributed by atoms with Gasteiger partial charge in [0.15, 0.2) is 6.61 Å². The van der Waals surface area contributed by atoms with Crippen molar-refractivity contribution in [2.45, 2.75) is 33.1 Å². The second kappa shape index (κ2) is 9.86. The summed E-state index contributed by atoms with van der Waals surface area (Å²) in [6, 6.07) is 7.29. The van der Waals surface area contributed by atoms with Crippen LogP contribution in [0.4, 0.5) is 4.79 Å². The molecule has 1 aromatic carbocycles. The summed E-state index contributed by atoms with van der Waals surface area (Å²) in [6.07, 6.45) is 1.47. The molecule has 0 saturated carbocycles. The minimum Gasteiger partial charge on any atom is -0.456 e. The van der Waals surface area contributed by atoms with Crippen molar-refractivity contribution in [3.05, 3.63) is 29.3 Å². The average Bonchev–Trinajstić information content (AvgIpc) is 3.01. The maximum atomic E-state index is 11.7. The van der Waals surface area contributed by atoms with Gasteiger partial charge in [-0.1, -0.05) is 26.0 Å². The number of ether oxygens (including phenoxy) is 1. The lowest BCUT2D eigenvalue weighted by molar-refractivity contribution is -0.148. The summed E-state index contributed by atoms with van der Waals surface area (Å²) >= 11 is 1.61. The predicted octanol–water partition coefficient (Wildman–Crippen LogP) is 2.64. The van der Waals surface area contributed by atoms with Crippen molar-refractivity contribution in [3.63, 3.8) is 0 Å². The van der Waals surface area contributed by atoms with Crippen LogP contribution in [0, 0.1) is 5.92 Å². The number of nitrogens with zero attached hydrogens (tertiary/aromatic N) is 1. The minimum atomic E-state index is -0.647. The Morgan fingerprint density at radius 3 is 2.73 bits per heavy atom. The molecule has 3 amide bonds. The number of hydrogen-bond acceptors (Lipinski definition) is 6. The number of carbonyl (C=O) groups is 3. The number of aryl methyl sites for hydroxylation is 1. The van der Waals surface area contributed by atoms with Gasteiger partial charge in [-0.2, -0.15) is 0 Å². The Bertz CT molecular complexity index is 740. The molecule has 2 rings (SSSR count). The molecule has 26 heavy (non-hydrogen) atoms. The lowest BCUT2D eigenvalue weighted by atomic mass is 10.2. The van der Waals surface area contributed by atoms with Crippen LogP contribution in [-0.2, 0) is 20.7 Å². The van der Waals surface area contributed by atoms with Crippen molar-refractivity contribution in [1.82, 2.24) is 15.6 Å². The summed E-state index contributed by atoms with van der Waals surface area (Å²) in [4.78, 5) is 39.2. The van der Waals surface area contributed by atoms with E-state index in [1.165, 1.54) is 0 Å². The summed E-state index contributed by atoms with van der Waals surface area (Å²) in [5.74, 6) is -0.835. The van der Waals surface area contributed by atoms with Crippen LogP contribution in [0.2, 0.25) is 0 Å². The molecular weight excluding hydrogens is 354 g/mol. The van der Waals surface area contributed by atoms with E-state index in [-0.39, 0.29) is 12.3 Å². The highest BCUT2D eigenvalue weighted by Crippen LogP contribution is 2.22. The molecule has 1 aromatic heterocycles. The van der Waals surface area contributed by atoms with Crippen LogP contribution in [0.1, 0.15) is 31.7 Å². The normalized spacial score (nSPS) is 10.7. The van der Waals surface area contributed by atoms with Gasteiger partial charge in [0.25, 0.3) is 5.91 Å². The van der Waals surface area contributed by atoms with Crippen molar-refractivity contribution in [2.75, 3.05) is 13.2 Å². The molecule has 2 N–H and O–H groups in total. The molecule has 0 spiro atoms. The third-order valence-electron chi connectivity index (χ3n) is 3.40. The molecular formula is C18H23N3O4S. The Morgan fingerprint density at radius 1 is 1.23 bits per heavy atom. The highest BCUT2D eigenvalue weighted by atomic mass is 32.1. The molecule has 2 aromatic rings. The Hall–Kier alpha value is -2.48. The molecule has 0 unspecified atom stereocenters. The van der Waals surface area contributed by atoms with Crippen molar-refractivity contribution < 1.29 is 19.1 Å². The van der Waals surface area contributed by atoms with Gasteiger partial charge in [0.2, 0.25) is 0 Å². The number of para-hydroxylation sites is 1. The molecule has 0 atom stereocenters. The Labute approximate surface area is 156 Å². The Kier molecular flexibility index (Phi) is 7.53. The van der Waals surface area contributed by atoms with E-state index in [0.29, 0.717) is 19.4 Å². The van der Waals surface area contributed by atoms with Gasteiger partial charge >= 0.3 is 12.0 Å². The third kappa shape index (κ3) is 6.79. The number of carbonyl (C=O) groups excluding carboxylic acids is 3.